The van der Waals surface area contributed by atoms with Gasteiger partial charge in [-0.15, -0.1) is 10.2 Å². The summed E-state index contributed by atoms with van der Waals surface area (Å²) in [7, 11) is -2.52. The number of hydrogen-bond acceptors (Lipinski definition) is 8. The van der Waals surface area contributed by atoms with Gasteiger partial charge in [-0.25, -0.2) is 18.4 Å². The van der Waals surface area contributed by atoms with Crippen LogP contribution in [-0.4, -0.2) is 51.1 Å². The van der Waals surface area contributed by atoms with Gasteiger partial charge in [0.15, 0.2) is 11.6 Å². The van der Waals surface area contributed by atoms with E-state index in [0.29, 0.717) is 10.8 Å². The molecule has 31 heavy (non-hydrogen) atoms. The molecule has 0 spiro atoms. The maximum atomic E-state index is 13.2. The topological polar surface area (TPSA) is 121 Å². The summed E-state index contributed by atoms with van der Waals surface area (Å²) in [5.74, 6) is 0.963. The van der Waals surface area contributed by atoms with Gasteiger partial charge < -0.3 is 9.47 Å². The fourth-order valence-corrected chi connectivity index (χ4v) is 4.86. The van der Waals surface area contributed by atoms with Crippen molar-refractivity contribution in [3.8, 4) is 0 Å². The van der Waals surface area contributed by atoms with E-state index in [1.807, 2.05) is 27.7 Å². The molecule has 1 aliphatic rings. The van der Waals surface area contributed by atoms with E-state index in [1.165, 1.54) is 26.4 Å². The van der Waals surface area contributed by atoms with Gasteiger partial charge in [-0.05, 0) is 47.5 Å². The first-order chi connectivity index (χ1) is 14.4. The van der Waals surface area contributed by atoms with E-state index in [-0.39, 0.29) is 29.5 Å². The molecule has 0 aliphatic carbocycles. The van der Waals surface area contributed by atoms with Gasteiger partial charge in [0.2, 0.25) is 16.0 Å². The molecule has 0 radical (unpaired) electrons. The van der Waals surface area contributed by atoms with Crippen molar-refractivity contribution in [3.63, 3.8) is 0 Å². The first kappa shape index (κ1) is 23.8. The number of nitrogens with one attached hydrogen (secondary N) is 1. The molecule has 0 aromatic carbocycles. The number of sulfonamides is 1. The summed E-state index contributed by atoms with van der Waals surface area (Å²) in [4.78, 5) is 8.19. The van der Waals surface area contributed by atoms with Crippen LogP contribution in [0, 0.1) is 0 Å². The van der Waals surface area contributed by atoms with Crippen LogP contribution in [0.1, 0.15) is 77.4 Å². The van der Waals surface area contributed by atoms with Gasteiger partial charge in [0, 0.05) is 25.5 Å². The zero-order chi connectivity index (χ0) is 23.0. The summed E-state index contributed by atoms with van der Waals surface area (Å²) in [5.41, 5.74) is -0.253. The van der Waals surface area contributed by atoms with Gasteiger partial charge in [0.1, 0.15) is 17.5 Å². The Hall–Kier alpha value is -1.82. The number of methoxy groups -OCH3 is 1. The van der Waals surface area contributed by atoms with E-state index in [9.17, 15) is 8.42 Å². The van der Waals surface area contributed by atoms with Crippen molar-refractivity contribution in [1.29, 1.82) is 0 Å². The molecule has 0 amide bonds. The summed E-state index contributed by atoms with van der Waals surface area (Å²) < 4.78 is 42.2. The van der Waals surface area contributed by atoms with Crippen molar-refractivity contribution >= 4 is 27.6 Å². The lowest BCUT2D eigenvalue weighted by molar-refractivity contribution is -0.0218. The molecule has 1 fully saturated rings. The molecule has 3 atom stereocenters. The van der Waals surface area contributed by atoms with E-state index in [2.05, 4.69) is 24.9 Å². The molecule has 1 N–H and O–H groups in total. The number of anilines is 1. The molecule has 0 bridgehead atoms. The number of hydrogen-bond donors (Lipinski definition) is 1. The Morgan fingerprint density at radius 3 is 2.42 bits per heavy atom. The van der Waals surface area contributed by atoms with Crippen LogP contribution in [0.2, 0.25) is 5.02 Å². The number of aromatic nitrogens is 5. The number of halogens is 1. The molecule has 12 heteroatoms. The highest BCUT2D eigenvalue weighted by Gasteiger charge is 2.38. The highest BCUT2D eigenvalue weighted by atomic mass is 35.5. The average Bonchev–Trinajstić information content (AvgIpc) is 3.26. The third-order valence-electron chi connectivity index (χ3n) is 5.29. The standard InChI is InChI=1S/C19H29ClN6O4S/c1-11(2)26-17(14-7-8-19(4,5)30-14)23-24-18(26)25-31(27,28)12(3)15(29-6)16-21-9-13(20)10-22-16/h9-12,14-15H,7-8H2,1-6H3,(H,24,25)/t12?,14-,15?/m0/s1. The van der Waals surface area contributed by atoms with Gasteiger partial charge in [-0.2, -0.15) is 0 Å². The van der Waals surface area contributed by atoms with E-state index < -0.39 is 21.4 Å². The fraction of sp³-hybridized carbons (Fsp3) is 0.684. The van der Waals surface area contributed by atoms with Crippen LogP contribution in [0.15, 0.2) is 12.4 Å². The molecule has 2 aromatic rings. The first-order valence-electron chi connectivity index (χ1n) is 10.1. The number of rotatable bonds is 8. The lowest BCUT2D eigenvalue weighted by Gasteiger charge is -2.23. The van der Waals surface area contributed by atoms with Crippen LogP contribution in [-0.2, 0) is 19.5 Å². The quantitative estimate of drug-likeness (QED) is 0.619. The van der Waals surface area contributed by atoms with Crippen LogP contribution >= 0.6 is 11.6 Å². The Morgan fingerprint density at radius 1 is 1.26 bits per heavy atom. The van der Waals surface area contributed by atoms with Crippen LogP contribution in [0.4, 0.5) is 5.95 Å². The predicted octanol–water partition coefficient (Wildman–Crippen LogP) is 3.45. The molecule has 1 saturated heterocycles. The van der Waals surface area contributed by atoms with Gasteiger partial charge in [-0.3, -0.25) is 9.29 Å². The van der Waals surface area contributed by atoms with Crippen LogP contribution in [0.25, 0.3) is 0 Å². The van der Waals surface area contributed by atoms with Crippen molar-refractivity contribution < 1.29 is 17.9 Å². The lowest BCUT2D eigenvalue weighted by Crippen LogP contribution is -2.33. The lowest BCUT2D eigenvalue weighted by atomic mass is 10.1. The zero-order valence-electron chi connectivity index (χ0n) is 18.5. The van der Waals surface area contributed by atoms with Crippen LogP contribution < -0.4 is 4.72 Å². The number of ether oxygens (including phenoxy) is 2. The summed E-state index contributed by atoms with van der Waals surface area (Å²) in [6.07, 6.45) is 3.33. The second-order valence-corrected chi connectivity index (χ2v) is 11.0. The third kappa shape index (κ3) is 5.16. The van der Waals surface area contributed by atoms with Crippen molar-refractivity contribution in [1.82, 2.24) is 24.7 Å². The Bertz CT molecular complexity index is 1010. The maximum Gasteiger partial charge on any atom is 0.240 e. The monoisotopic (exact) mass is 472 g/mol. The first-order valence-corrected chi connectivity index (χ1v) is 12.0. The van der Waals surface area contributed by atoms with Crippen molar-refractivity contribution in [3.05, 3.63) is 29.1 Å². The van der Waals surface area contributed by atoms with E-state index in [4.69, 9.17) is 21.1 Å². The Labute approximate surface area is 187 Å². The minimum absolute atomic E-state index is 0.0804. The molecule has 2 aromatic heterocycles. The van der Waals surface area contributed by atoms with Crippen molar-refractivity contribution in [2.75, 3.05) is 11.8 Å². The Balaban J connectivity index is 1.87. The zero-order valence-corrected chi connectivity index (χ0v) is 20.1. The average molecular weight is 473 g/mol. The summed E-state index contributed by atoms with van der Waals surface area (Å²) in [5, 5.41) is 7.71. The van der Waals surface area contributed by atoms with E-state index >= 15 is 0 Å². The molecule has 3 rings (SSSR count). The van der Waals surface area contributed by atoms with Crippen LogP contribution in [0.3, 0.4) is 0 Å². The molecule has 10 nitrogen and oxygen atoms in total. The highest BCUT2D eigenvalue weighted by Crippen LogP contribution is 2.39. The SMILES string of the molecule is COC(c1ncc(Cl)cn1)C(C)S(=O)(=O)Nc1nnc([C@@H]2CCC(C)(C)O2)n1C(C)C. The minimum atomic E-state index is -3.92. The highest BCUT2D eigenvalue weighted by molar-refractivity contribution is 7.93. The van der Waals surface area contributed by atoms with Crippen molar-refractivity contribution in [2.24, 2.45) is 0 Å². The van der Waals surface area contributed by atoms with Gasteiger partial charge in [0.05, 0.1) is 10.6 Å². The summed E-state index contributed by atoms with van der Waals surface area (Å²) in [6, 6.07) is -0.0804. The molecule has 172 valence electrons. The van der Waals surface area contributed by atoms with Gasteiger partial charge >= 0.3 is 0 Å². The molecular formula is C19H29ClN6O4S. The molecule has 1 aliphatic heterocycles. The van der Waals surface area contributed by atoms with E-state index in [1.54, 1.807) is 4.57 Å². The maximum absolute atomic E-state index is 13.2. The Morgan fingerprint density at radius 2 is 1.90 bits per heavy atom. The van der Waals surface area contributed by atoms with Gasteiger partial charge in [0.25, 0.3) is 0 Å². The minimum Gasteiger partial charge on any atom is -0.372 e. The normalized spacial score (nSPS) is 20.7. The number of nitrogens with zero attached hydrogens (tertiary/aromatic N) is 5. The fourth-order valence-electron chi connectivity index (χ4n) is 3.62. The second kappa shape index (κ2) is 8.97. The summed E-state index contributed by atoms with van der Waals surface area (Å²) >= 11 is 5.83. The largest absolute Gasteiger partial charge is 0.372 e. The smallest absolute Gasteiger partial charge is 0.240 e. The molecular weight excluding hydrogens is 444 g/mol. The van der Waals surface area contributed by atoms with E-state index in [0.717, 1.165) is 12.8 Å². The summed E-state index contributed by atoms with van der Waals surface area (Å²) in [6.45, 7) is 9.45. The van der Waals surface area contributed by atoms with Gasteiger partial charge in [-0.1, -0.05) is 11.6 Å². The third-order valence-corrected chi connectivity index (χ3v) is 7.18. The Kier molecular flexibility index (Phi) is 6.90. The van der Waals surface area contributed by atoms with Crippen molar-refractivity contribution in [2.45, 2.75) is 76.6 Å². The molecule has 2 unspecified atom stereocenters. The second-order valence-electron chi connectivity index (χ2n) is 8.52. The predicted molar refractivity (Wildman–Crippen MR) is 116 cm³/mol. The van der Waals surface area contributed by atoms with Crippen LogP contribution in [0.5, 0.6) is 0 Å². The molecule has 3 heterocycles. The molecule has 0 saturated carbocycles.